The van der Waals surface area contributed by atoms with Crippen LogP contribution < -0.4 is 11.3 Å². The standard InChI is InChI=1S/C17H21ClN2/c1-10-5-14(9-15(18)6-10)17(20-19)16-8-12(3)11(2)7-13(16)4/h5-9,17,20H,19H2,1-4H3. The van der Waals surface area contributed by atoms with Crippen molar-refractivity contribution in [3.63, 3.8) is 0 Å². The van der Waals surface area contributed by atoms with Crippen LogP contribution in [0.25, 0.3) is 0 Å². The highest BCUT2D eigenvalue weighted by atomic mass is 35.5. The molecule has 0 aromatic heterocycles. The molecular weight excluding hydrogens is 268 g/mol. The fraction of sp³-hybridized carbons (Fsp3) is 0.294. The van der Waals surface area contributed by atoms with Gasteiger partial charge in [-0.3, -0.25) is 5.84 Å². The fourth-order valence-corrected chi connectivity index (χ4v) is 2.89. The number of halogens is 1. The van der Waals surface area contributed by atoms with Crippen LogP contribution in [0, 0.1) is 27.7 Å². The van der Waals surface area contributed by atoms with Crippen molar-refractivity contribution in [2.75, 3.05) is 0 Å². The summed E-state index contributed by atoms with van der Waals surface area (Å²) in [5.41, 5.74) is 10.1. The molecule has 0 radical (unpaired) electrons. The van der Waals surface area contributed by atoms with Crippen LogP contribution in [0.3, 0.4) is 0 Å². The lowest BCUT2D eigenvalue weighted by Crippen LogP contribution is -2.29. The largest absolute Gasteiger partial charge is 0.271 e. The van der Waals surface area contributed by atoms with Gasteiger partial charge in [0.05, 0.1) is 6.04 Å². The molecule has 2 aromatic carbocycles. The second-order valence-electron chi connectivity index (χ2n) is 5.45. The zero-order valence-corrected chi connectivity index (χ0v) is 13.2. The van der Waals surface area contributed by atoms with Crippen LogP contribution in [0.5, 0.6) is 0 Å². The molecular formula is C17H21ClN2. The lowest BCUT2D eigenvalue weighted by Gasteiger charge is -2.21. The second kappa shape index (κ2) is 5.96. The van der Waals surface area contributed by atoms with Crippen molar-refractivity contribution in [3.05, 3.63) is 68.7 Å². The van der Waals surface area contributed by atoms with Gasteiger partial charge < -0.3 is 0 Å². The molecule has 3 N–H and O–H groups in total. The fourth-order valence-electron chi connectivity index (χ4n) is 2.59. The van der Waals surface area contributed by atoms with E-state index in [1.165, 1.54) is 22.3 Å². The molecule has 1 atom stereocenters. The summed E-state index contributed by atoms with van der Waals surface area (Å²) in [4.78, 5) is 0. The van der Waals surface area contributed by atoms with Gasteiger partial charge in [-0.05, 0) is 73.2 Å². The molecule has 3 heteroatoms. The molecule has 0 fully saturated rings. The zero-order chi connectivity index (χ0) is 14.9. The maximum Gasteiger partial charge on any atom is 0.0713 e. The van der Waals surface area contributed by atoms with Crippen LogP contribution in [0.2, 0.25) is 5.02 Å². The SMILES string of the molecule is Cc1cc(Cl)cc(C(NN)c2cc(C)c(C)cc2C)c1. The third kappa shape index (κ3) is 3.04. The molecule has 0 saturated heterocycles. The van der Waals surface area contributed by atoms with Crippen molar-refractivity contribution in [2.24, 2.45) is 5.84 Å². The summed E-state index contributed by atoms with van der Waals surface area (Å²) in [6.45, 7) is 8.40. The van der Waals surface area contributed by atoms with Gasteiger partial charge in [-0.1, -0.05) is 29.8 Å². The lowest BCUT2D eigenvalue weighted by atomic mass is 9.91. The van der Waals surface area contributed by atoms with Crippen LogP contribution in [0.4, 0.5) is 0 Å². The number of hydrazine groups is 1. The smallest absolute Gasteiger partial charge is 0.0713 e. The highest BCUT2D eigenvalue weighted by molar-refractivity contribution is 6.30. The summed E-state index contributed by atoms with van der Waals surface area (Å²) in [6.07, 6.45) is 0. The number of benzene rings is 2. The van der Waals surface area contributed by atoms with Crippen molar-refractivity contribution >= 4 is 11.6 Å². The lowest BCUT2D eigenvalue weighted by molar-refractivity contribution is 0.632. The van der Waals surface area contributed by atoms with Gasteiger partial charge in [0.2, 0.25) is 0 Å². The number of aryl methyl sites for hydroxylation is 4. The molecule has 0 bridgehead atoms. The first-order valence-corrected chi connectivity index (χ1v) is 7.11. The molecule has 0 aliphatic carbocycles. The first kappa shape index (κ1) is 15.0. The number of hydrogen-bond acceptors (Lipinski definition) is 2. The molecule has 0 spiro atoms. The highest BCUT2D eigenvalue weighted by Gasteiger charge is 2.16. The zero-order valence-electron chi connectivity index (χ0n) is 12.4. The van der Waals surface area contributed by atoms with Gasteiger partial charge in [-0.15, -0.1) is 0 Å². The van der Waals surface area contributed by atoms with Crippen LogP contribution in [-0.2, 0) is 0 Å². The van der Waals surface area contributed by atoms with Gasteiger partial charge in [-0.2, -0.15) is 0 Å². The number of nitrogens with two attached hydrogens (primary N) is 1. The molecule has 0 aliphatic rings. The van der Waals surface area contributed by atoms with E-state index in [-0.39, 0.29) is 6.04 Å². The topological polar surface area (TPSA) is 38.0 Å². The Morgan fingerprint density at radius 1 is 0.900 bits per heavy atom. The summed E-state index contributed by atoms with van der Waals surface area (Å²) < 4.78 is 0. The quantitative estimate of drug-likeness (QED) is 0.658. The van der Waals surface area contributed by atoms with E-state index >= 15 is 0 Å². The first-order chi connectivity index (χ1) is 9.42. The Kier molecular flexibility index (Phi) is 4.48. The highest BCUT2D eigenvalue weighted by Crippen LogP contribution is 2.29. The normalized spacial score (nSPS) is 12.5. The van der Waals surface area contributed by atoms with Crippen molar-refractivity contribution in [2.45, 2.75) is 33.7 Å². The summed E-state index contributed by atoms with van der Waals surface area (Å²) in [5, 5.41) is 0.738. The average Bonchev–Trinajstić information content (AvgIpc) is 2.35. The Bertz CT molecular complexity index is 615. The van der Waals surface area contributed by atoms with Gasteiger partial charge in [0, 0.05) is 5.02 Å². The molecule has 0 heterocycles. The van der Waals surface area contributed by atoms with E-state index in [1.54, 1.807) is 0 Å². The summed E-state index contributed by atoms with van der Waals surface area (Å²) in [7, 11) is 0. The van der Waals surface area contributed by atoms with Crippen LogP contribution in [-0.4, -0.2) is 0 Å². The maximum atomic E-state index is 6.17. The third-order valence-corrected chi connectivity index (χ3v) is 3.98. The molecule has 0 aliphatic heterocycles. The van der Waals surface area contributed by atoms with E-state index < -0.39 is 0 Å². The maximum absolute atomic E-state index is 6.17. The molecule has 2 rings (SSSR count). The number of nitrogens with one attached hydrogen (secondary N) is 1. The predicted molar refractivity (Wildman–Crippen MR) is 86.0 cm³/mol. The minimum atomic E-state index is -0.0494. The van der Waals surface area contributed by atoms with E-state index in [0.29, 0.717) is 0 Å². The predicted octanol–water partition coefficient (Wildman–Crippen LogP) is 4.13. The minimum absolute atomic E-state index is 0.0494. The van der Waals surface area contributed by atoms with E-state index in [4.69, 9.17) is 17.4 Å². The van der Waals surface area contributed by atoms with Crippen molar-refractivity contribution < 1.29 is 0 Å². The van der Waals surface area contributed by atoms with E-state index in [9.17, 15) is 0 Å². The number of hydrogen-bond donors (Lipinski definition) is 2. The van der Waals surface area contributed by atoms with Crippen molar-refractivity contribution in [3.8, 4) is 0 Å². The molecule has 0 amide bonds. The third-order valence-electron chi connectivity index (χ3n) is 3.76. The molecule has 1 unspecified atom stereocenters. The Morgan fingerprint density at radius 2 is 1.55 bits per heavy atom. The molecule has 2 nitrogen and oxygen atoms in total. The van der Waals surface area contributed by atoms with E-state index in [1.807, 2.05) is 19.1 Å². The number of rotatable bonds is 3. The first-order valence-electron chi connectivity index (χ1n) is 6.73. The Labute approximate surface area is 125 Å². The Morgan fingerprint density at radius 3 is 2.15 bits per heavy atom. The van der Waals surface area contributed by atoms with E-state index in [0.717, 1.165) is 16.1 Å². The van der Waals surface area contributed by atoms with Gasteiger partial charge >= 0.3 is 0 Å². The monoisotopic (exact) mass is 288 g/mol. The summed E-state index contributed by atoms with van der Waals surface area (Å²) in [6, 6.07) is 10.4. The average molecular weight is 289 g/mol. The van der Waals surface area contributed by atoms with Crippen LogP contribution in [0.1, 0.15) is 39.4 Å². The summed E-state index contributed by atoms with van der Waals surface area (Å²) >= 11 is 6.17. The molecule has 20 heavy (non-hydrogen) atoms. The van der Waals surface area contributed by atoms with Gasteiger partial charge in [0.15, 0.2) is 0 Å². The molecule has 2 aromatic rings. The van der Waals surface area contributed by atoms with Gasteiger partial charge in [0.25, 0.3) is 0 Å². The molecule has 106 valence electrons. The minimum Gasteiger partial charge on any atom is -0.271 e. The van der Waals surface area contributed by atoms with Gasteiger partial charge in [0.1, 0.15) is 0 Å². The second-order valence-corrected chi connectivity index (χ2v) is 5.89. The van der Waals surface area contributed by atoms with Crippen LogP contribution in [0.15, 0.2) is 30.3 Å². The molecule has 0 saturated carbocycles. The Balaban J connectivity index is 2.55. The van der Waals surface area contributed by atoms with Gasteiger partial charge in [-0.25, -0.2) is 5.43 Å². The van der Waals surface area contributed by atoms with Crippen molar-refractivity contribution in [1.82, 2.24) is 5.43 Å². The van der Waals surface area contributed by atoms with Crippen molar-refractivity contribution in [1.29, 1.82) is 0 Å². The Hall–Kier alpha value is -1.35. The van der Waals surface area contributed by atoms with E-state index in [2.05, 4.69) is 44.4 Å². The summed E-state index contributed by atoms with van der Waals surface area (Å²) in [5.74, 6) is 5.80. The van der Waals surface area contributed by atoms with Crippen LogP contribution >= 0.6 is 11.6 Å².